The summed E-state index contributed by atoms with van der Waals surface area (Å²) in [5, 5.41) is 3.11. The molecule has 19 heavy (non-hydrogen) atoms. The summed E-state index contributed by atoms with van der Waals surface area (Å²) >= 11 is 1.65. The molecular formula is C15H20N2OS. The first-order valence-corrected chi connectivity index (χ1v) is 7.40. The second-order valence-electron chi connectivity index (χ2n) is 4.57. The lowest BCUT2D eigenvalue weighted by molar-refractivity contribution is -0.0218. The van der Waals surface area contributed by atoms with Crippen molar-refractivity contribution in [3.63, 3.8) is 0 Å². The van der Waals surface area contributed by atoms with E-state index in [1.165, 1.54) is 0 Å². The van der Waals surface area contributed by atoms with Crippen molar-refractivity contribution in [2.24, 2.45) is 0 Å². The van der Waals surface area contributed by atoms with Gasteiger partial charge in [0.1, 0.15) is 10.6 Å². The van der Waals surface area contributed by atoms with Crippen LogP contribution in [0.4, 0.5) is 5.69 Å². The van der Waals surface area contributed by atoms with Crippen LogP contribution in [0.3, 0.4) is 0 Å². The van der Waals surface area contributed by atoms with Gasteiger partial charge in [-0.25, -0.2) is 4.98 Å². The zero-order valence-electron chi connectivity index (χ0n) is 11.6. The monoisotopic (exact) mass is 276 g/mol. The number of benzene rings is 1. The van der Waals surface area contributed by atoms with Gasteiger partial charge in [0.15, 0.2) is 0 Å². The highest BCUT2D eigenvalue weighted by Gasteiger charge is 2.31. The summed E-state index contributed by atoms with van der Waals surface area (Å²) in [5.41, 5.74) is 8.34. The van der Waals surface area contributed by atoms with E-state index in [1.807, 2.05) is 24.3 Å². The van der Waals surface area contributed by atoms with Crippen molar-refractivity contribution in [1.29, 1.82) is 0 Å². The number of ether oxygens (including phenoxy) is 1. The van der Waals surface area contributed by atoms with Crippen molar-refractivity contribution in [3.8, 4) is 11.3 Å². The summed E-state index contributed by atoms with van der Waals surface area (Å²) in [6.07, 6.45) is 1.84. The normalized spacial score (nSPS) is 11.7. The van der Waals surface area contributed by atoms with E-state index in [2.05, 4.69) is 19.2 Å². The Balaban J connectivity index is 2.38. The van der Waals surface area contributed by atoms with Gasteiger partial charge in [0.2, 0.25) is 0 Å². The van der Waals surface area contributed by atoms with Crippen LogP contribution in [0.25, 0.3) is 11.3 Å². The van der Waals surface area contributed by atoms with Gasteiger partial charge in [-0.2, -0.15) is 0 Å². The summed E-state index contributed by atoms with van der Waals surface area (Å²) in [5.74, 6) is 0. The van der Waals surface area contributed by atoms with Gasteiger partial charge in [0, 0.05) is 23.7 Å². The number of anilines is 1. The van der Waals surface area contributed by atoms with Crippen LogP contribution < -0.4 is 5.73 Å². The predicted molar refractivity (Wildman–Crippen MR) is 81.2 cm³/mol. The van der Waals surface area contributed by atoms with Gasteiger partial charge in [-0.15, -0.1) is 11.3 Å². The standard InChI is InChI=1S/C15H20N2OS/c1-4-15(5-2,18-3)14-17-13(10-19-14)11-7-6-8-12(16)9-11/h6-10H,4-5,16H2,1-3H3. The quantitative estimate of drug-likeness (QED) is 0.838. The lowest BCUT2D eigenvalue weighted by Gasteiger charge is -2.27. The van der Waals surface area contributed by atoms with E-state index in [1.54, 1.807) is 18.4 Å². The average Bonchev–Trinajstić information content (AvgIpc) is 2.92. The van der Waals surface area contributed by atoms with Gasteiger partial charge in [-0.1, -0.05) is 26.0 Å². The van der Waals surface area contributed by atoms with Crippen LogP contribution in [0.2, 0.25) is 0 Å². The Labute approximate surface area is 118 Å². The molecule has 0 bridgehead atoms. The number of methoxy groups -OCH3 is 1. The topological polar surface area (TPSA) is 48.1 Å². The van der Waals surface area contributed by atoms with Gasteiger partial charge >= 0.3 is 0 Å². The Hall–Kier alpha value is -1.39. The highest BCUT2D eigenvalue weighted by Crippen LogP contribution is 2.36. The van der Waals surface area contributed by atoms with Crippen molar-refractivity contribution >= 4 is 17.0 Å². The fourth-order valence-electron chi connectivity index (χ4n) is 2.24. The highest BCUT2D eigenvalue weighted by atomic mass is 32.1. The molecule has 2 rings (SSSR count). The largest absolute Gasteiger partial charge is 0.399 e. The van der Waals surface area contributed by atoms with Crippen molar-refractivity contribution < 1.29 is 4.74 Å². The molecule has 0 fully saturated rings. The summed E-state index contributed by atoms with van der Waals surface area (Å²) in [6.45, 7) is 4.27. The van der Waals surface area contributed by atoms with Crippen LogP contribution >= 0.6 is 11.3 Å². The fourth-order valence-corrected chi connectivity index (χ4v) is 3.39. The van der Waals surface area contributed by atoms with E-state index in [0.29, 0.717) is 0 Å². The molecule has 0 radical (unpaired) electrons. The minimum Gasteiger partial charge on any atom is -0.399 e. The molecule has 2 aromatic rings. The van der Waals surface area contributed by atoms with Crippen LogP contribution in [0.1, 0.15) is 31.7 Å². The van der Waals surface area contributed by atoms with Crippen LogP contribution in [-0.4, -0.2) is 12.1 Å². The van der Waals surface area contributed by atoms with Gasteiger partial charge in [-0.3, -0.25) is 0 Å². The number of nitrogens with zero attached hydrogens (tertiary/aromatic N) is 1. The minimum atomic E-state index is -0.261. The molecule has 0 aliphatic carbocycles. The maximum atomic E-state index is 5.82. The molecule has 0 aliphatic rings. The lowest BCUT2D eigenvalue weighted by atomic mass is 9.98. The first-order valence-electron chi connectivity index (χ1n) is 6.52. The molecule has 1 aromatic carbocycles. The summed E-state index contributed by atoms with van der Waals surface area (Å²) in [7, 11) is 1.76. The first-order chi connectivity index (χ1) is 9.15. The molecule has 0 saturated carbocycles. The second kappa shape index (κ2) is 5.72. The van der Waals surface area contributed by atoms with E-state index >= 15 is 0 Å². The maximum absolute atomic E-state index is 5.82. The predicted octanol–water partition coefficient (Wildman–Crippen LogP) is 4.05. The van der Waals surface area contributed by atoms with Crippen LogP contribution in [0.15, 0.2) is 29.6 Å². The molecule has 0 saturated heterocycles. The van der Waals surface area contributed by atoms with E-state index in [0.717, 1.165) is 34.8 Å². The third kappa shape index (κ3) is 2.65. The second-order valence-corrected chi connectivity index (χ2v) is 5.43. The third-order valence-electron chi connectivity index (χ3n) is 3.61. The first kappa shape index (κ1) is 14.0. The number of nitrogens with two attached hydrogens (primary N) is 1. The molecule has 2 N–H and O–H groups in total. The number of rotatable bonds is 5. The van der Waals surface area contributed by atoms with Crippen LogP contribution in [-0.2, 0) is 10.3 Å². The van der Waals surface area contributed by atoms with Gasteiger partial charge in [0.05, 0.1) is 5.69 Å². The molecule has 4 heteroatoms. The zero-order chi connectivity index (χ0) is 13.9. The Morgan fingerprint density at radius 2 is 2.05 bits per heavy atom. The van der Waals surface area contributed by atoms with Crippen LogP contribution in [0.5, 0.6) is 0 Å². The summed E-state index contributed by atoms with van der Waals surface area (Å²) in [4.78, 5) is 4.74. The average molecular weight is 276 g/mol. The Bertz CT molecular complexity index is 538. The minimum absolute atomic E-state index is 0.261. The van der Waals surface area contributed by atoms with E-state index in [9.17, 15) is 0 Å². The summed E-state index contributed by atoms with van der Waals surface area (Å²) in [6, 6.07) is 7.81. The van der Waals surface area contributed by atoms with Gasteiger partial charge in [0.25, 0.3) is 0 Å². The Kier molecular flexibility index (Phi) is 4.22. The van der Waals surface area contributed by atoms with Crippen molar-refractivity contribution in [2.45, 2.75) is 32.3 Å². The fraction of sp³-hybridized carbons (Fsp3) is 0.400. The lowest BCUT2D eigenvalue weighted by Crippen LogP contribution is -2.26. The zero-order valence-corrected chi connectivity index (χ0v) is 12.5. The maximum Gasteiger partial charge on any atom is 0.125 e. The molecule has 102 valence electrons. The molecule has 1 heterocycles. The van der Waals surface area contributed by atoms with Gasteiger partial charge in [-0.05, 0) is 25.0 Å². The Morgan fingerprint density at radius 3 is 2.63 bits per heavy atom. The molecule has 0 unspecified atom stereocenters. The van der Waals surface area contributed by atoms with Gasteiger partial charge < -0.3 is 10.5 Å². The molecule has 0 spiro atoms. The Morgan fingerprint density at radius 1 is 1.32 bits per heavy atom. The van der Waals surface area contributed by atoms with E-state index in [-0.39, 0.29) is 5.60 Å². The van der Waals surface area contributed by atoms with Crippen molar-refractivity contribution in [3.05, 3.63) is 34.7 Å². The number of hydrogen-bond acceptors (Lipinski definition) is 4. The third-order valence-corrected chi connectivity index (χ3v) is 4.64. The molecule has 0 amide bonds. The van der Waals surface area contributed by atoms with E-state index in [4.69, 9.17) is 15.5 Å². The molecule has 0 aliphatic heterocycles. The number of hydrogen-bond donors (Lipinski definition) is 1. The molecule has 0 atom stereocenters. The molecular weight excluding hydrogens is 256 g/mol. The van der Waals surface area contributed by atoms with Crippen molar-refractivity contribution in [2.75, 3.05) is 12.8 Å². The molecule has 1 aromatic heterocycles. The smallest absolute Gasteiger partial charge is 0.125 e. The number of aromatic nitrogens is 1. The SMILES string of the molecule is CCC(CC)(OC)c1nc(-c2cccc(N)c2)cs1. The number of thiazole rings is 1. The highest BCUT2D eigenvalue weighted by molar-refractivity contribution is 7.10. The van der Waals surface area contributed by atoms with Crippen molar-refractivity contribution in [1.82, 2.24) is 4.98 Å². The van der Waals surface area contributed by atoms with E-state index < -0.39 is 0 Å². The molecule has 3 nitrogen and oxygen atoms in total. The van der Waals surface area contributed by atoms with Crippen LogP contribution in [0, 0.1) is 0 Å². The number of nitrogen functional groups attached to an aromatic ring is 1. The summed E-state index contributed by atoms with van der Waals surface area (Å²) < 4.78 is 5.72.